The van der Waals surface area contributed by atoms with Crippen LogP contribution in [0.3, 0.4) is 0 Å². The molecule has 0 atom stereocenters. The van der Waals surface area contributed by atoms with Crippen molar-refractivity contribution < 1.29 is 17.6 Å². The Morgan fingerprint density at radius 1 is 0.611 bits per heavy atom. The maximum absolute atomic E-state index is 9.69. The van der Waals surface area contributed by atoms with Gasteiger partial charge in [0, 0.05) is 11.8 Å². The Hall–Kier alpha value is -1.49. The Balaban J connectivity index is 0.000000280. The molecule has 0 amide bonds. The molecule has 2 aromatic carbocycles. The lowest BCUT2D eigenvalue weighted by Crippen LogP contribution is -1.92. The molecule has 0 saturated heterocycles. The molecule has 0 aromatic heterocycles. The summed E-state index contributed by atoms with van der Waals surface area (Å²) in [5, 5.41) is 0. The Labute approximate surface area is 107 Å². The Morgan fingerprint density at radius 3 is 1.17 bits per heavy atom. The minimum atomic E-state index is -5.50. The van der Waals surface area contributed by atoms with Gasteiger partial charge in [0.1, 0.15) is 0 Å². The van der Waals surface area contributed by atoms with Crippen LogP contribution in [0.5, 0.6) is 0 Å². The molecule has 0 saturated carbocycles. The summed E-state index contributed by atoms with van der Waals surface area (Å²) < 4.78 is 38.8. The van der Waals surface area contributed by atoms with Crippen molar-refractivity contribution in [3.05, 3.63) is 60.7 Å². The lowest BCUT2D eigenvalue weighted by molar-refractivity contribution is -0.237. The fourth-order valence-electron chi connectivity index (χ4n) is 1.15. The normalized spacial score (nSPS) is 10.4. The van der Waals surface area contributed by atoms with Gasteiger partial charge in [0.15, 0.2) is 9.79 Å². The summed E-state index contributed by atoms with van der Waals surface area (Å²) in [5.41, 5.74) is 0. The van der Waals surface area contributed by atoms with Gasteiger partial charge in [-0.1, -0.05) is 36.4 Å². The molecule has 0 spiro atoms. The van der Waals surface area contributed by atoms with Crippen LogP contribution < -0.4 is 0 Å². The highest BCUT2D eigenvalue weighted by Crippen LogP contribution is 2.14. The largest absolute Gasteiger partial charge is 0.559 e. The maximum Gasteiger partial charge on any atom is 0.559 e. The first-order chi connectivity index (χ1) is 8.45. The van der Waals surface area contributed by atoms with E-state index < -0.39 is 6.43 Å². The molecule has 2 rings (SSSR count). The van der Waals surface area contributed by atoms with Crippen molar-refractivity contribution >= 4 is 11.8 Å². The van der Waals surface area contributed by atoms with E-state index in [4.69, 9.17) is 0 Å². The monoisotopic (exact) mass is 275 g/mol. The van der Waals surface area contributed by atoms with Gasteiger partial charge in [-0.3, -0.25) is 0 Å². The lowest BCUT2D eigenvalue weighted by Gasteiger charge is -1.90. The fraction of sp³-hybridized carbons (Fsp3) is 0.0769. The van der Waals surface area contributed by atoms with Gasteiger partial charge in [-0.2, -0.15) is 0 Å². The van der Waals surface area contributed by atoms with Gasteiger partial charge < -0.3 is 0 Å². The zero-order chi connectivity index (χ0) is 13.4. The van der Waals surface area contributed by atoms with E-state index in [-0.39, 0.29) is 0 Å². The molecule has 0 N–H and O–H groups in total. The molecule has 0 aliphatic carbocycles. The van der Waals surface area contributed by atoms with Crippen LogP contribution in [-0.4, -0.2) is 6.43 Å². The Bertz CT molecular complexity index is 396. The predicted molar refractivity (Wildman–Crippen MR) is 65.3 cm³/mol. The zero-order valence-corrected chi connectivity index (χ0v) is 10.1. The van der Waals surface area contributed by atoms with Gasteiger partial charge in [0.05, 0.1) is 0 Å². The fourth-order valence-corrected chi connectivity index (χ4v) is 2.09. The van der Waals surface area contributed by atoms with E-state index in [0.29, 0.717) is 0 Å². The molecular formula is C13H11F4S+. The highest BCUT2D eigenvalue weighted by Gasteiger charge is 2.24. The quantitative estimate of drug-likeness (QED) is 0.433. The first-order valence-corrected chi connectivity index (χ1v) is 5.92. The molecule has 18 heavy (non-hydrogen) atoms. The van der Waals surface area contributed by atoms with Crippen LogP contribution in [0.15, 0.2) is 70.5 Å². The minimum absolute atomic E-state index is 1.28. The van der Waals surface area contributed by atoms with E-state index >= 15 is 0 Å². The van der Waals surface area contributed by atoms with E-state index in [9.17, 15) is 17.6 Å². The van der Waals surface area contributed by atoms with Crippen LogP contribution in [0, 0.1) is 0 Å². The summed E-state index contributed by atoms with van der Waals surface area (Å²) in [4.78, 5) is 2.68. The molecule has 0 aliphatic heterocycles. The molecule has 0 bridgehead atoms. The van der Waals surface area contributed by atoms with Crippen LogP contribution in [-0.2, 0) is 11.8 Å². The maximum atomic E-state index is 9.69. The van der Waals surface area contributed by atoms with Crippen molar-refractivity contribution in [3.8, 4) is 0 Å². The van der Waals surface area contributed by atoms with Crippen molar-refractivity contribution in [2.24, 2.45) is 0 Å². The molecular weight excluding hydrogens is 264 g/mol. The second-order valence-electron chi connectivity index (χ2n) is 3.21. The van der Waals surface area contributed by atoms with E-state index in [1.165, 1.54) is 21.6 Å². The molecule has 0 aliphatic rings. The van der Waals surface area contributed by atoms with Crippen LogP contribution in [0.4, 0.5) is 17.6 Å². The average Bonchev–Trinajstić information content (AvgIpc) is 2.29. The van der Waals surface area contributed by atoms with Crippen molar-refractivity contribution in [2.75, 3.05) is 0 Å². The molecule has 0 fully saturated rings. The second kappa shape index (κ2) is 7.06. The summed E-state index contributed by atoms with van der Waals surface area (Å²) >= 11 is 1.28. The van der Waals surface area contributed by atoms with Crippen LogP contribution in [0.2, 0.25) is 0 Å². The third-order valence-corrected chi connectivity index (χ3v) is 2.88. The topological polar surface area (TPSA) is 0 Å². The first-order valence-electron chi connectivity index (χ1n) is 5.02. The highest BCUT2D eigenvalue weighted by atomic mass is 32.2. The third kappa shape index (κ3) is 7.73. The number of benzene rings is 2. The van der Waals surface area contributed by atoms with Crippen molar-refractivity contribution in [1.29, 1.82) is 0 Å². The molecule has 2 aromatic rings. The van der Waals surface area contributed by atoms with Gasteiger partial charge in [-0.25, -0.2) is 0 Å². The van der Waals surface area contributed by atoms with Crippen molar-refractivity contribution in [1.82, 2.24) is 0 Å². The van der Waals surface area contributed by atoms with Crippen LogP contribution >= 0.6 is 0 Å². The molecule has 0 unspecified atom stereocenters. The van der Waals surface area contributed by atoms with Gasteiger partial charge in [0.25, 0.3) is 0 Å². The van der Waals surface area contributed by atoms with Gasteiger partial charge in [-0.05, 0) is 24.3 Å². The summed E-state index contributed by atoms with van der Waals surface area (Å²) in [5.74, 6) is 0. The average molecular weight is 275 g/mol. The summed E-state index contributed by atoms with van der Waals surface area (Å²) in [6.45, 7) is 0. The predicted octanol–water partition coefficient (Wildman–Crippen LogP) is 4.40. The standard InChI is InChI=1S/C12H10S.CF4/c1-3-7-11(8-4-1)13-12-9-5-2-6-10-12;2-1(3,4)5/h1-10H;/p+1. The molecule has 0 radical (unpaired) electrons. The smallest absolute Gasteiger partial charge is 0.140 e. The summed E-state index contributed by atoms with van der Waals surface area (Å²) in [7, 11) is 0. The van der Waals surface area contributed by atoms with E-state index in [0.717, 1.165) is 0 Å². The summed E-state index contributed by atoms with van der Waals surface area (Å²) in [6, 6.07) is 21.0. The first kappa shape index (κ1) is 14.6. The second-order valence-corrected chi connectivity index (χ2v) is 4.47. The summed E-state index contributed by atoms with van der Waals surface area (Å²) in [6.07, 6.45) is -5.50. The van der Waals surface area contributed by atoms with Gasteiger partial charge >= 0.3 is 6.43 Å². The molecule has 0 nitrogen and oxygen atoms in total. The molecule has 5 heteroatoms. The number of hydrogen-bond acceptors (Lipinski definition) is 0. The van der Waals surface area contributed by atoms with E-state index in [1.54, 1.807) is 0 Å². The highest BCUT2D eigenvalue weighted by molar-refractivity contribution is 7.78. The van der Waals surface area contributed by atoms with Gasteiger partial charge in [0.2, 0.25) is 0 Å². The van der Waals surface area contributed by atoms with Crippen LogP contribution in [0.1, 0.15) is 0 Å². The number of hydrogen-bond donors (Lipinski definition) is 0. The van der Waals surface area contributed by atoms with E-state index in [1.807, 2.05) is 12.1 Å². The number of alkyl halides is 4. The lowest BCUT2D eigenvalue weighted by atomic mass is 10.4. The molecule has 0 heterocycles. The van der Waals surface area contributed by atoms with Gasteiger partial charge in [-0.15, -0.1) is 17.6 Å². The molecule has 96 valence electrons. The number of rotatable bonds is 2. The minimum Gasteiger partial charge on any atom is -0.140 e. The van der Waals surface area contributed by atoms with E-state index in [2.05, 4.69) is 48.5 Å². The number of halogens is 4. The van der Waals surface area contributed by atoms with Crippen molar-refractivity contribution in [3.63, 3.8) is 0 Å². The third-order valence-electron chi connectivity index (χ3n) is 1.77. The number of thiol groups is 1. The Kier molecular flexibility index (Phi) is 5.71. The van der Waals surface area contributed by atoms with Crippen molar-refractivity contribution in [2.45, 2.75) is 16.2 Å². The van der Waals surface area contributed by atoms with Crippen LogP contribution in [0.25, 0.3) is 0 Å². The SMILES string of the molecule is FC(F)(F)F.c1ccc([SH+]c2ccccc2)cc1. The Morgan fingerprint density at radius 2 is 0.889 bits per heavy atom. The zero-order valence-electron chi connectivity index (χ0n) is 9.23.